The molecule has 1 heterocycles. The van der Waals surface area contributed by atoms with Crippen LogP contribution in [0.1, 0.15) is 22.3 Å². The molecule has 12 heteroatoms. The minimum Gasteiger partial charge on any atom is -0.325 e. The molecule has 0 fully saturated rings. The highest BCUT2D eigenvalue weighted by Crippen LogP contribution is 2.31. The molecule has 3 aromatic carbocycles. The van der Waals surface area contributed by atoms with Crippen LogP contribution in [0, 0.1) is 0 Å². The van der Waals surface area contributed by atoms with Crippen LogP contribution in [0.2, 0.25) is 0 Å². The molecule has 0 aliphatic heterocycles. The van der Waals surface area contributed by atoms with Crippen LogP contribution < -0.4 is 16.7 Å². The maximum Gasteiger partial charge on any atom is 0.416 e. The molecule has 0 radical (unpaired) electrons. The third-order valence-electron chi connectivity index (χ3n) is 5.40. The first-order valence-electron chi connectivity index (χ1n) is 10.8. The molecule has 0 saturated heterocycles. The van der Waals surface area contributed by atoms with Gasteiger partial charge in [0, 0.05) is 5.69 Å². The van der Waals surface area contributed by atoms with E-state index in [0.29, 0.717) is 5.56 Å². The van der Waals surface area contributed by atoms with Crippen LogP contribution in [0.15, 0.2) is 88.5 Å². The summed E-state index contributed by atoms with van der Waals surface area (Å²) in [5.74, 6) is -0.362. The minimum atomic E-state index is -4.63. The number of benzene rings is 3. The highest BCUT2D eigenvalue weighted by molar-refractivity contribution is 5.55. The van der Waals surface area contributed by atoms with Gasteiger partial charge in [-0.1, -0.05) is 48.5 Å². The Balaban J connectivity index is 1.78. The van der Waals surface area contributed by atoms with Gasteiger partial charge in [-0.05, 0) is 41.5 Å². The number of halogens is 6. The smallest absolute Gasteiger partial charge is 0.325 e. The lowest BCUT2D eigenvalue weighted by Gasteiger charge is -2.17. The van der Waals surface area contributed by atoms with Crippen molar-refractivity contribution >= 4 is 11.6 Å². The van der Waals surface area contributed by atoms with Gasteiger partial charge in [0.2, 0.25) is 5.95 Å². The number of rotatable bonds is 6. The summed E-state index contributed by atoms with van der Waals surface area (Å²) in [6.07, 6.45) is -9.19. The first-order valence-corrected chi connectivity index (χ1v) is 10.8. The average Bonchev–Trinajstić information content (AvgIpc) is 2.84. The van der Waals surface area contributed by atoms with E-state index in [2.05, 4.69) is 10.3 Å². The van der Waals surface area contributed by atoms with Gasteiger partial charge in [-0.15, -0.1) is 0 Å². The van der Waals surface area contributed by atoms with E-state index in [1.807, 2.05) is 0 Å². The summed E-state index contributed by atoms with van der Waals surface area (Å²) in [4.78, 5) is 30.0. The van der Waals surface area contributed by atoms with Crippen LogP contribution in [0.3, 0.4) is 0 Å². The topological polar surface area (TPSA) is 68.9 Å². The van der Waals surface area contributed by atoms with E-state index >= 15 is 0 Å². The monoisotopic (exact) mass is 520 g/mol. The number of alkyl halides is 6. The molecule has 1 aromatic heterocycles. The van der Waals surface area contributed by atoms with E-state index in [-0.39, 0.29) is 30.3 Å². The maximum absolute atomic E-state index is 13.3. The van der Waals surface area contributed by atoms with E-state index < -0.39 is 34.9 Å². The highest BCUT2D eigenvalue weighted by atomic mass is 19.4. The fourth-order valence-electron chi connectivity index (χ4n) is 3.55. The lowest BCUT2D eigenvalue weighted by molar-refractivity contribution is -0.138. The van der Waals surface area contributed by atoms with Crippen molar-refractivity contribution in [1.29, 1.82) is 0 Å². The molecule has 0 saturated carbocycles. The molecule has 4 rings (SSSR count). The van der Waals surface area contributed by atoms with Crippen LogP contribution in [0.4, 0.5) is 38.0 Å². The Kier molecular flexibility index (Phi) is 6.92. The molecule has 0 spiro atoms. The summed E-state index contributed by atoms with van der Waals surface area (Å²) >= 11 is 0. The second-order valence-electron chi connectivity index (χ2n) is 8.06. The fourth-order valence-corrected chi connectivity index (χ4v) is 3.55. The van der Waals surface area contributed by atoms with Crippen molar-refractivity contribution in [1.82, 2.24) is 14.1 Å². The van der Waals surface area contributed by atoms with E-state index in [1.165, 1.54) is 6.07 Å². The summed E-state index contributed by atoms with van der Waals surface area (Å²) in [6.45, 7) is -0.442. The number of aromatic nitrogens is 3. The predicted octanol–water partition coefficient (Wildman–Crippen LogP) is 5.28. The van der Waals surface area contributed by atoms with E-state index in [0.717, 1.165) is 51.6 Å². The number of hydrogen-bond donors (Lipinski definition) is 1. The summed E-state index contributed by atoms with van der Waals surface area (Å²) in [6, 6.07) is 16.6. The van der Waals surface area contributed by atoms with Crippen LogP contribution in [-0.4, -0.2) is 14.1 Å². The van der Waals surface area contributed by atoms with Crippen molar-refractivity contribution in [3.05, 3.63) is 122 Å². The van der Waals surface area contributed by atoms with Gasteiger partial charge >= 0.3 is 23.7 Å². The molecule has 37 heavy (non-hydrogen) atoms. The molecule has 4 aromatic rings. The van der Waals surface area contributed by atoms with Gasteiger partial charge in [-0.25, -0.2) is 14.2 Å². The van der Waals surface area contributed by atoms with Crippen LogP contribution >= 0.6 is 0 Å². The van der Waals surface area contributed by atoms with Gasteiger partial charge in [-0.3, -0.25) is 4.57 Å². The predicted molar refractivity (Wildman–Crippen MR) is 124 cm³/mol. The zero-order valence-electron chi connectivity index (χ0n) is 18.8. The molecule has 0 atom stereocenters. The van der Waals surface area contributed by atoms with Crippen molar-refractivity contribution in [2.24, 2.45) is 0 Å². The second-order valence-corrected chi connectivity index (χ2v) is 8.06. The van der Waals surface area contributed by atoms with E-state index in [9.17, 15) is 35.9 Å². The lowest BCUT2D eigenvalue weighted by atomic mass is 10.1. The van der Waals surface area contributed by atoms with Crippen LogP contribution in [-0.2, 0) is 25.4 Å². The quantitative estimate of drug-likeness (QED) is 0.351. The van der Waals surface area contributed by atoms with Crippen molar-refractivity contribution < 1.29 is 26.3 Å². The largest absolute Gasteiger partial charge is 0.416 e. The molecule has 0 aliphatic carbocycles. The zero-order valence-corrected chi connectivity index (χ0v) is 18.8. The Morgan fingerprint density at radius 1 is 0.676 bits per heavy atom. The molecule has 0 unspecified atom stereocenters. The van der Waals surface area contributed by atoms with Gasteiger partial charge in [0.25, 0.3) is 0 Å². The molecule has 0 aliphatic rings. The number of nitrogens with one attached hydrogen (secondary N) is 1. The number of anilines is 2. The molecule has 1 N–H and O–H groups in total. The Morgan fingerprint density at radius 2 is 1.27 bits per heavy atom. The summed E-state index contributed by atoms with van der Waals surface area (Å²) < 4.78 is 80.1. The normalized spacial score (nSPS) is 11.9. The summed E-state index contributed by atoms with van der Waals surface area (Å²) in [7, 11) is 0. The van der Waals surface area contributed by atoms with Crippen molar-refractivity contribution in [3.8, 4) is 0 Å². The van der Waals surface area contributed by atoms with Crippen molar-refractivity contribution in [3.63, 3.8) is 0 Å². The zero-order chi connectivity index (χ0) is 26.8. The van der Waals surface area contributed by atoms with Crippen LogP contribution in [0.5, 0.6) is 0 Å². The Labute approximate surface area is 205 Å². The van der Waals surface area contributed by atoms with E-state index in [1.54, 1.807) is 30.3 Å². The molecule has 0 bridgehead atoms. The third-order valence-corrected chi connectivity index (χ3v) is 5.40. The van der Waals surface area contributed by atoms with Crippen LogP contribution in [0.25, 0.3) is 0 Å². The van der Waals surface area contributed by atoms with Gasteiger partial charge < -0.3 is 5.32 Å². The molecule has 6 nitrogen and oxygen atoms in total. The summed E-state index contributed by atoms with van der Waals surface area (Å²) in [5.41, 5.74) is -2.87. The van der Waals surface area contributed by atoms with Gasteiger partial charge in [0.05, 0.1) is 24.2 Å². The molecular weight excluding hydrogens is 502 g/mol. The van der Waals surface area contributed by atoms with Gasteiger partial charge in [0.15, 0.2) is 0 Å². The molecule has 192 valence electrons. The Hall–Kier alpha value is -4.35. The van der Waals surface area contributed by atoms with Crippen molar-refractivity contribution in [2.75, 3.05) is 5.32 Å². The van der Waals surface area contributed by atoms with Gasteiger partial charge in [0.1, 0.15) is 0 Å². The number of hydrogen-bond acceptors (Lipinski definition) is 4. The first kappa shape index (κ1) is 25.7. The van der Waals surface area contributed by atoms with E-state index in [4.69, 9.17) is 0 Å². The third kappa shape index (κ3) is 6.08. The maximum atomic E-state index is 13.3. The SMILES string of the molecule is O=c1nc(Nc2cccc(C(F)(F)F)c2)n(Cc2ccc(C(F)(F)F)cc2)c(=O)n1Cc1ccccc1. The lowest BCUT2D eigenvalue weighted by Crippen LogP contribution is -2.43. The van der Waals surface area contributed by atoms with Crippen molar-refractivity contribution in [2.45, 2.75) is 25.4 Å². The summed E-state index contributed by atoms with van der Waals surface area (Å²) in [5, 5.41) is 2.57. The molecule has 0 amide bonds. The minimum absolute atomic E-state index is 0.0943. The highest BCUT2D eigenvalue weighted by Gasteiger charge is 2.31. The fraction of sp³-hybridized carbons (Fsp3) is 0.160. The average molecular weight is 520 g/mol. The Morgan fingerprint density at radius 3 is 1.89 bits per heavy atom. The molecular formula is C25H18F6N4O2. The number of nitrogens with zero attached hydrogens (tertiary/aromatic N) is 3. The van der Waals surface area contributed by atoms with Gasteiger partial charge in [-0.2, -0.15) is 31.3 Å². The second kappa shape index (κ2) is 9.96. The first-order chi connectivity index (χ1) is 17.4. The standard InChI is InChI=1S/C25H18F6N4O2/c26-24(27,28)18-11-9-17(10-12-18)14-34-21(32-20-8-4-7-19(13-20)25(29,30)31)33-22(36)35(23(34)37)15-16-5-2-1-3-6-16/h1-13H,14-15H2,(H,32,33,36). The Bertz CT molecular complexity index is 1510.